The van der Waals surface area contributed by atoms with Gasteiger partial charge in [-0.05, 0) is 105 Å². The number of ketones is 1. The predicted molar refractivity (Wildman–Crippen MR) is 141 cm³/mol. The third-order valence-electron chi connectivity index (χ3n) is 10.4. The molecule has 1 aromatic rings. The minimum Gasteiger partial charge on any atom is -0.457 e. The highest BCUT2D eigenvalue weighted by atomic mass is 35.5. The highest BCUT2D eigenvalue weighted by Gasteiger charge is 2.59. The number of hydrogen-bond donors (Lipinski definition) is 1. The van der Waals surface area contributed by atoms with Gasteiger partial charge in [-0.2, -0.15) is 0 Å². The van der Waals surface area contributed by atoms with Crippen molar-refractivity contribution in [2.45, 2.75) is 90.7 Å². The topological polar surface area (TPSA) is 69.4 Å². The summed E-state index contributed by atoms with van der Waals surface area (Å²) < 4.78 is 5.90. The highest BCUT2D eigenvalue weighted by molar-refractivity contribution is 5.85. The quantitative estimate of drug-likeness (QED) is 0.395. The summed E-state index contributed by atoms with van der Waals surface area (Å²) in [5.74, 6) is 2.47. The zero-order chi connectivity index (χ0) is 24.1. The number of allylic oxidation sites excluding steroid dienone is 1. The van der Waals surface area contributed by atoms with Gasteiger partial charge in [0.25, 0.3) is 0 Å². The molecule has 5 heteroatoms. The van der Waals surface area contributed by atoms with Crippen molar-refractivity contribution in [3.05, 3.63) is 47.5 Å². The summed E-state index contributed by atoms with van der Waals surface area (Å²) in [6.45, 7) is 6.69. The van der Waals surface area contributed by atoms with Gasteiger partial charge in [-0.25, -0.2) is 0 Å². The largest absolute Gasteiger partial charge is 0.457 e. The number of esters is 1. The second kappa shape index (κ2) is 10.0. The molecule has 0 aromatic heterocycles. The molecule has 5 rings (SSSR count). The van der Waals surface area contributed by atoms with Gasteiger partial charge in [0.2, 0.25) is 0 Å². The Morgan fingerprint density at radius 2 is 1.77 bits per heavy atom. The Hall–Kier alpha value is -1.65. The Balaban J connectivity index is 0.00000289. The van der Waals surface area contributed by atoms with Crippen LogP contribution in [0.25, 0.3) is 0 Å². The molecule has 0 spiro atoms. The SMILES string of the molecule is CC(=O)[C@H]1CCC2C3CCC4=C[C@@H](OC(=O)[C@@H](N)Cc5ccccc5)CC[C@]4(C)C3CC[C@@]21C.Cl. The van der Waals surface area contributed by atoms with Crippen molar-refractivity contribution in [2.24, 2.45) is 40.2 Å². The number of carbonyl (C=O) groups excluding carboxylic acids is 2. The van der Waals surface area contributed by atoms with E-state index in [0.29, 0.717) is 24.0 Å². The first kappa shape index (κ1) is 26.4. The number of carbonyl (C=O) groups is 2. The fourth-order valence-corrected chi connectivity index (χ4v) is 8.65. The summed E-state index contributed by atoms with van der Waals surface area (Å²) in [7, 11) is 0. The number of hydrogen-bond acceptors (Lipinski definition) is 4. The zero-order valence-corrected chi connectivity index (χ0v) is 22.3. The number of ether oxygens (including phenoxy) is 1. The molecular weight excluding hydrogens is 458 g/mol. The van der Waals surface area contributed by atoms with Crippen LogP contribution in [-0.4, -0.2) is 23.9 Å². The van der Waals surface area contributed by atoms with Crippen LogP contribution in [0.4, 0.5) is 0 Å². The Bertz CT molecular complexity index is 977. The maximum atomic E-state index is 12.7. The van der Waals surface area contributed by atoms with E-state index in [1.807, 2.05) is 37.3 Å². The molecule has 192 valence electrons. The van der Waals surface area contributed by atoms with Crippen molar-refractivity contribution in [3.8, 4) is 0 Å². The van der Waals surface area contributed by atoms with Crippen LogP contribution in [-0.2, 0) is 20.7 Å². The molecule has 2 N–H and O–H groups in total. The Morgan fingerprint density at radius 1 is 1.03 bits per heavy atom. The number of halogens is 1. The predicted octanol–water partition coefficient (Wildman–Crippen LogP) is 6.06. The molecular formula is C30H42ClNO3. The van der Waals surface area contributed by atoms with Crippen LogP contribution in [0, 0.1) is 34.5 Å². The van der Waals surface area contributed by atoms with Gasteiger partial charge in [0.05, 0.1) is 0 Å². The van der Waals surface area contributed by atoms with E-state index in [4.69, 9.17) is 10.5 Å². The van der Waals surface area contributed by atoms with Crippen LogP contribution < -0.4 is 5.73 Å². The van der Waals surface area contributed by atoms with E-state index in [0.717, 1.165) is 37.2 Å². The Morgan fingerprint density at radius 3 is 2.49 bits per heavy atom. The van der Waals surface area contributed by atoms with Gasteiger partial charge >= 0.3 is 5.97 Å². The first-order valence-corrected chi connectivity index (χ1v) is 13.4. The monoisotopic (exact) mass is 499 g/mol. The van der Waals surface area contributed by atoms with E-state index >= 15 is 0 Å². The van der Waals surface area contributed by atoms with Gasteiger partial charge in [-0.3, -0.25) is 9.59 Å². The van der Waals surface area contributed by atoms with E-state index in [9.17, 15) is 9.59 Å². The lowest BCUT2D eigenvalue weighted by Crippen LogP contribution is -2.51. The number of fused-ring (bicyclic) bond motifs is 5. The molecule has 0 saturated heterocycles. The van der Waals surface area contributed by atoms with Crippen LogP contribution in [0.1, 0.15) is 77.7 Å². The highest BCUT2D eigenvalue weighted by Crippen LogP contribution is 2.66. The van der Waals surface area contributed by atoms with Gasteiger partial charge in [0.1, 0.15) is 17.9 Å². The van der Waals surface area contributed by atoms with Crippen LogP contribution >= 0.6 is 12.4 Å². The molecule has 35 heavy (non-hydrogen) atoms. The standard InChI is InChI=1S/C30H41NO3.ClH/c1-19(32)24-11-12-25-23-10-9-21-18-22(13-15-29(21,2)26(23)14-16-30(24,25)3)34-28(33)27(31)17-20-7-5-4-6-8-20;/h4-8,18,22-27H,9-17,31H2,1-3H3;1H/t22-,23?,24+,25?,26?,27-,29-,30+;/m0./s1. The molecule has 3 unspecified atom stereocenters. The summed E-state index contributed by atoms with van der Waals surface area (Å²) in [4.78, 5) is 25.1. The lowest BCUT2D eigenvalue weighted by Gasteiger charge is -2.58. The van der Waals surface area contributed by atoms with E-state index in [1.165, 1.54) is 31.3 Å². The third kappa shape index (κ3) is 4.62. The molecule has 3 saturated carbocycles. The first-order chi connectivity index (χ1) is 16.2. The molecule has 4 aliphatic carbocycles. The summed E-state index contributed by atoms with van der Waals surface area (Å²) in [5, 5.41) is 0. The van der Waals surface area contributed by atoms with E-state index in [2.05, 4.69) is 19.9 Å². The molecule has 0 amide bonds. The third-order valence-corrected chi connectivity index (χ3v) is 10.4. The van der Waals surface area contributed by atoms with Crippen molar-refractivity contribution in [1.82, 2.24) is 0 Å². The average Bonchev–Trinajstić information content (AvgIpc) is 3.17. The molecule has 8 atom stereocenters. The number of benzene rings is 1. The van der Waals surface area contributed by atoms with E-state index in [1.54, 1.807) is 0 Å². The molecule has 4 nitrogen and oxygen atoms in total. The molecule has 3 fully saturated rings. The van der Waals surface area contributed by atoms with Crippen LogP contribution in [0.2, 0.25) is 0 Å². The molecule has 0 heterocycles. The minimum atomic E-state index is -0.627. The second-order valence-corrected chi connectivity index (χ2v) is 12.1. The fraction of sp³-hybridized carbons (Fsp3) is 0.667. The van der Waals surface area contributed by atoms with Crippen molar-refractivity contribution in [1.29, 1.82) is 0 Å². The fourth-order valence-electron chi connectivity index (χ4n) is 8.65. The van der Waals surface area contributed by atoms with Crippen molar-refractivity contribution in [2.75, 3.05) is 0 Å². The normalized spacial score (nSPS) is 38.6. The molecule has 0 aliphatic heterocycles. The van der Waals surface area contributed by atoms with Crippen molar-refractivity contribution in [3.63, 3.8) is 0 Å². The first-order valence-electron chi connectivity index (χ1n) is 13.4. The maximum Gasteiger partial charge on any atom is 0.323 e. The second-order valence-electron chi connectivity index (χ2n) is 12.1. The van der Waals surface area contributed by atoms with Crippen molar-refractivity contribution < 1.29 is 14.3 Å². The van der Waals surface area contributed by atoms with Crippen molar-refractivity contribution >= 4 is 24.2 Å². The average molecular weight is 500 g/mol. The molecule has 0 radical (unpaired) electrons. The lowest BCUT2D eigenvalue weighted by atomic mass is 9.46. The number of rotatable bonds is 5. The Kier molecular flexibility index (Phi) is 7.56. The van der Waals surface area contributed by atoms with Crippen LogP contribution in [0.3, 0.4) is 0 Å². The summed E-state index contributed by atoms with van der Waals surface area (Å²) in [6, 6.07) is 9.27. The van der Waals surface area contributed by atoms with Gasteiger partial charge in [-0.1, -0.05) is 49.8 Å². The Labute approximate surface area is 216 Å². The smallest absolute Gasteiger partial charge is 0.323 e. The number of Topliss-reactive ketones (excluding diaryl/α,β-unsaturated/α-hetero) is 1. The van der Waals surface area contributed by atoms with E-state index in [-0.39, 0.29) is 41.2 Å². The molecule has 4 aliphatic rings. The maximum absolute atomic E-state index is 12.7. The van der Waals surface area contributed by atoms with E-state index < -0.39 is 6.04 Å². The van der Waals surface area contributed by atoms with Gasteiger partial charge in [0, 0.05) is 5.92 Å². The summed E-state index contributed by atoms with van der Waals surface area (Å²) in [6.07, 6.45) is 11.6. The number of nitrogens with two attached hydrogens (primary N) is 1. The molecule has 1 aromatic carbocycles. The zero-order valence-electron chi connectivity index (χ0n) is 21.5. The summed E-state index contributed by atoms with van der Waals surface area (Å²) in [5.41, 5.74) is 9.15. The summed E-state index contributed by atoms with van der Waals surface area (Å²) >= 11 is 0. The van der Waals surface area contributed by atoms with Gasteiger partial charge in [0.15, 0.2) is 0 Å². The van der Waals surface area contributed by atoms with Gasteiger partial charge < -0.3 is 10.5 Å². The molecule has 0 bridgehead atoms. The van der Waals surface area contributed by atoms with Gasteiger partial charge in [-0.15, -0.1) is 12.4 Å². The van der Waals surface area contributed by atoms with Crippen LogP contribution in [0.5, 0.6) is 0 Å². The lowest BCUT2D eigenvalue weighted by molar-refractivity contribution is -0.150. The van der Waals surface area contributed by atoms with Crippen LogP contribution in [0.15, 0.2) is 42.0 Å². The minimum absolute atomic E-state index is 0.